The van der Waals surface area contributed by atoms with Crippen LogP contribution in [-0.4, -0.2) is 117 Å². The van der Waals surface area contributed by atoms with Crippen LogP contribution < -0.4 is 0 Å². The molecular weight excluding hydrogens is 408 g/mol. The minimum absolute atomic E-state index is 0.0973. The molecule has 0 aromatic heterocycles. The van der Waals surface area contributed by atoms with E-state index in [0.29, 0.717) is 58.2 Å². The van der Waals surface area contributed by atoms with Gasteiger partial charge in [-0.25, -0.2) is 8.42 Å². The number of hydrogen-bond donors (Lipinski definition) is 0. The molecule has 30 heavy (non-hydrogen) atoms. The van der Waals surface area contributed by atoms with E-state index in [4.69, 9.17) is 4.74 Å². The predicted molar refractivity (Wildman–Crippen MR) is 113 cm³/mol. The number of hydrogen-bond acceptors (Lipinski definition) is 6. The molecule has 0 aliphatic carbocycles. The first-order valence-corrected chi connectivity index (χ1v) is 12.9. The molecule has 3 rings (SSSR count). The number of amides is 2. The van der Waals surface area contributed by atoms with Crippen LogP contribution in [-0.2, 0) is 24.3 Å². The van der Waals surface area contributed by atoms with Crippen LogP contribution in [0.25, 0.3) is 0 Å². The van der Waals surface area contributed by atoms with Crippen molar-refractivity contribution in [3.63, 3.8) is 0 Å². The molecule has 3 aliphatic heterocycles. The number of sulfonamides is 1. The predicted octanol–water partition coefficient (Wildman–Crippen LogP) is -0.170. The van der Waals surface area contributed by atoms with E-state index in [1.807, 2.05) is 9.80 Å². The van der Waals surface area contributed by atoms with Crippen molar-refractivity contribution >= 4 is 21.8 Å². The maximum absolute atomic E-state index is 12.8. The number of piperidine rings is 1. The molecule has 3 aliphatic rings. The van der Waals surface area contributed by atoms with E-state index in [9.17, 15) is 18.0 Å². The van der Waals surface area contributed by atoms with Crippen LogP contribution in [0.15, 0.2) is 0 Å². The summed E-state index contributed by atoms with van der Waals surface area (Å²) in [5.74, 6) is 0.514. The second kappa shape index (κ2) is 10.4. The van der Waals surface area contributed by atoms with Gasteiger partial charge in [-0.05, 0) is 25.2 Å². The summed E-state index contributed by atoms with van der Waals surface area (Å²) in [7, 11) is -3.34. The highest BCUT2D eigenvalue weighted by Gasteiger charge is 2.35. The van der Waals surface area contributed by atoms with Gasteiger partial charge < -0.3 is 14.5 Å². The molecule has 0 aromatic carbocycles. The molecular formula is C20H36N4O5S. The highest BCUT2D eigenvalue weighted by Crippen LogP contribution is 2.24. The Hall–Kier alpha value is -1.23. The zero-order chi connectivity index (χ0) is 21.7. The van der Waals surface area contributed by atoms with Crippen LogP contribution in [0, 0.1) is 5.92 Å². The lowest BCUT2D eigenvalue weighted by molar-refractivity contribution is -0.132. The van der Waals surface area contributed by atoms with Gasteiger partial charge in [-0.2, -0.15) is 4.31 Å². The topological polar surface area (TPSA) is 90.5 Å². The van der Waals surface area contributed by atoms with Gasteiger partial charge in [-0.3, -0.25) is 14.5 Å². The zero-order valence-electron chi connectivity index (χ0n) is 18.3. The molecule has 10 heteroatoms. The number of morpholine rings is 1. The van der Waals surface area contributed by atoms with E-state index in [0.717, 1.165) is 39.0 Å². The van der Waals surface area contributed by atoms with Crippen molar-refractivity contribution in [2.24, 2.45) is 5.92 Å². The Morgan fingerprint density at radius 3 is 2.23 bits per heavy atom. The molecule has 172 valence electrons. The Labute approximate surface area is 180 Å². The van der Waals surface area contributed by atoms with Gasteiger partial charge in [0, 0.05) is 71.7 Å². The maximum Gasteiger partial charge on any atom is 0.222 e. The summed E-state index contributed by atoms with van der Waals surface area (Å²) in [6.45, 7) is 8.29. The largest absolute Gasteiger partial charge is 0.379 e. The van der Waals surface area contributed by atoms with Gasteiger partial charge in [-0.1, -0.05) is 0 Å². The van der Waals surface area contributed by atoms with Gasteiger partial charge in [0.25, 0.3) is 0 Å². The van der Waals surface area contributed by atoms with Crippen LogP contribution >= 0.6 is 0 Å². The van der Waals surface area contributed by atoms with Crippen molar-refractivity contribution in [2.75, 3.05) is 71.8 Å². The quantitative estimate of drug-likeness (QED) is 0.542. The van der Waals surface area contributed by atoms with Crippen molar-refractivity contribution in [3.8, 4) is 0 Å². The summed E-state index contributed by atoms with van der Waals surface area (Å²) in [6.07, 6.45) is 4.16. The number of rotatable bonds is 7. The highest BCUT2D eigenvalue weighted by molar-refractivity contribution is 7.88. The van der Waals surface area contributed by atoms with E-state index < -0.39 is 10.0 Å². The van der Waals surface area contributed by atoms with E-state index in [2.05, 4.69) is 4.90 Å². The summed E-state index contributed by atoms with van der Waals surface area (Å²) < 4.78 is 31.8. The fourth-order valence-electron chi connectivity index (χ4n) is 4.72. The molecule has 3 fully saturated rings. The fourth-order valence-corrected chi connectivity index (χ4v) is 5.84. The Balaban J connectivity index is 1.49. The van der Waals surface area contributed by atoms with Gasteiger partial charge in [-0.15, -0.1) is 0 Å². The van der Waals surface area contributed by atoms with Crippen LogP contribution in [0.5, 0.6) is 0 Å². The third kappa shape index (κ3) is 6.38. The van der Waals surface area contributed by atoms with Crippen molar-refractivity contribution in [2.45, 2.75) is 38.6 Å². The van der Waals surface area contributed by atoms with Gasteiger partial charge >= 0.3 is 0 Å². The molecule has 1 unspecified atom stereocenters. The van der Waals surface area contributed by atoms with Crippen molar-refractivity contribution in [1.82, 2.24) is 19.0 Å². The van der Waals surface area contributed by atoms with E-state index >= 15 is 0 Å². The Bertz CT molecular complexity index is 702. The molecule has 3 heterocycles. The average molecular weight is 445 g/mol. The lowest BCUT2D eigenvalue weighted by atomic mass is 9.93. The summed E-state index contributed by atoms with van der Waals surface area (Å²) in [4.78, 5) is 30.2. The molecule has 0 saturated carbocycles. The average Bonchev–Trinajstić information content (AvgIpc) is 3.18. The van der Waals surface area contributed by atoms with Crippen molar-refractivity contribution in [1.29, 1.82) is 0 Å². The number of nitrogens with zero attached hydrogens (tertiary/aromatic N) is 4. The minimum Gasteiger partial charge on any atom is -0.379 e. The van der Waals surface area contributed by atoms with Crippen LogP contribution in [0.4, 0.5) is 0 Å². The van der Waals surface area contributed by atoms with Gasteiger partial charge in [0.05, 0.1) is 19.5 Å². The first kappa shape index (κ1) is 23.4. The number of carbonyl (C=O) groups excluding carboxylic acids is 2. The standard InChI is InChI=1S/C20H36N4O5S/c1-17(25)22-6-3-18(4-7-22)15-20(26)23-8-5-19(16-23)24(30(2,27)28)10-9-21-11-13-29-14-12-21/h18-19H,3-16H2,1-2H3. The van der Waals surface area contributed by atoms with Crippen LogP contribution in [0.2, 0.25) is 0 Å². The van der Waals surface area contributed by atoms with E-state index in [1.165, 1.54) is 6.26 Å². The highest BCUT2D eigenvalue weighted by atomic mass is 32.2. The van der Waals surface area contributed by atoms with E-state index in [1.54, 1.807) is 11.2 Å². The van der Waals surface area contributed by atoms with Crippen molar-refractivity contribution in [3.05, 3.63) is 0 Å². The molecule has 2 amide bonds. The molecule has 0 aromatic rings. The molecule has 0 N–H and O–H groups in total. The fraction of sp³-hybridized carbons (Fsp3) is 0.900. The lowest BCUT2D eigenvalue weighted by Gasteiger charge is -2.32. The molecule has 1 atom stereocenters. The lowest BCUT2D eigenvalue weighted by Crippen LogP contribution is -2.47. The molecule has 0 spiro atoms. The molecule has 0 radical (unpaired) electrons. The Morgan fingerprint density at radius 1 is 1.00 bits per heavy atom. The van der Waals surface area contributed by atoms with Gasteiger partial charge in [0.1, 0.15) is 0 Å². The first-order chi connectivity index (χ1) is 14.2. The Morgan fingerprint density at radius 2 is 1.63 bits per heavy atom. The number of ether oxygens (including phenoxy) is 1. The summed E-state index contributed by atoms with van der Waals surface area (Å²) in [5.41, 5.74) is 0. The molecule has 0 bridgehead atoms. The van der Waals surface area contributed by atoms with Crippen LogP contribution in [0.1, 0.15) is 32.6 Å². The minimum atomic E-state index is -3.34. The van der Waals surface area contributed by atoms with Crippen molar-refractivity contribution < 1.29 is 22.7 Å². The smallest absolute Gasteiger partial charge is 0.222 e. The zero-order valence-corrected chi connectivity index (χ0v) is 19.1. The number of likely N-dealkylation sites (tertiary alicyclic amines) is 2. The second-order valence-electron chi connectivity index (χ2n) is 8.76. The number of carbonyl (C=O) groups is 2. The summed E-state index contributed by atoms with van der Waals surface area (Å²) >= 11 is 0. The molecule has 3 saturated heterocycles. The van der Waals surface area contributed by atoms with Gasteiger partial charge in [0.15, 0.2) is 0 Å². The SMILES string of the molecule is CC(=O)N1CCC(CC(=O)N2CCC(N(CCN3CCOCC3)S(C)(=O)=O)C2)CC1. The molecule has 9 nitrogen and oxygen atoms in total. The third-order valence-electron chi connectivity index (χ3n) is 6.61. The van der Waals surface area contributed by atoms with E-state index in [-0.39, 0.29) is 17.9 Å². The third-order valence-corrected chi connectivity index (χ3v) is 7.95. The monoisotopic (exact) mass is 444 g/mol. The maximum atomic E-state index is 12.8. The summed E-state index contributed by atoms with van der Waals surface area (Å²) in [5, 5.41) is 0. The summed E-state index contributed by atoms with van der Waals surface area (Å²) in [6, 6.07) is -0.149. The van der Waals surface area contributed by atoms with Crippen LogP contribution in [0.3, 0.4) is 0 Å². The first-order valence-electron chi connectivity index (χ1n) is 11.0. The Kier molecular flexibility index (Phi) is 8.11. The van der Waals surface area contributed by atoms with Gasteiger partial charge in [0.2, 0.25) is 21.8 Å². The second-order valence-corrected chi connectivity index (χ2v) is 10.7. The normalized spacial score (nSPS) is 24.6.